The largest absolute Gasteiger partial charge is 0.481 e. The van der Waals surface area contributed by atoms with Crippen LogP contribution in [0.3, 0.4) is 0 Å². The van der Waals surface area contributed by atoms with Gasteiger partial charge in [0.2, 0.25) is 0 Å². The molecule has 1 N–H and O–H groups in total. The van der Waals surface area contributed by atoms with Gasteiger partial charge < -0.3 is 5.11 Å². The van der Waals surface area contributed by atoms with Crippen LogP contribution in [0.1, 0.15) is 59.3 Å². The lowest BCUT2D eigenvalue weighted by Crippen LogP contribution is -2.51. The molecule has 3 heteroatoms. The Morgan fingerprint density at radius 3 is 2.18 bits per heavy atom. The molecule has 1 aliphatic carbocycles. The lowest BCUT2D eigenvalue weighted by atomic mass is 9.77. The molecule has 0 spiro atoms. The van der Waals surface area contributed by atoms with E-state index in [9.17, 15) is 4.79 Å². The minimum Gasteiger partial charge on any atom is -0.481 e. The summed E-state index contributed by atoms with van der Waals surface area (Å²) in [6, 6.07) is 0. The van der Waals surface area contributed by atoms with Gasteiger partial charge in [-0.1, -0.05) is 40.0 Å². The van der Waals surface area contributed by atoms with E-state index in [1.54, 1.807) is 0 Å². The molecule has 1 rings (SSSR count). The average Bonchev–Trinajstić information content (AvgIpc) is 2.15. The Morgan fingerprint density at radius 1 is 1.24 bits per heavy atom. The van der Waals surface area contributed by atoms with Gasteiger partial charge in [0.15, 0.2) is 0 Å². The van der Waals surface area contributed by atoms with Gasteiger partial charge in [0.05, 0.1) is 6.42 Å². The van der Waals surface area contributed by atoms with E-state index in [0.717, 1.165) is 19.4 Å². The van der Waals surface area contributed by atoms with Gasteiger partial charge in [0.25, 0.3) is 0 Å². The fraction of sp³-hybridized carbons (Fsp3) is 0.929. The van der Waals surface area contributed by atoms with Gasteiger partial charge in [-0.25, -0.2) is 0 Å². The van der Waals surface area contributed by atoms with Crippen LogP contribution in [0.5, 0.6) is 0 Å². The summed E-state index contributed by atoms with van der Waals surface area (Å²) < 4.78 is 0. The summed E-state index contributed by atoms with van der Waals surface area (Å²) in [5, 5.41) is 9.15. The molecule has 0 atom stereocenters. The predicted octanol–water partition coefficient (Wildman–Crippen LogP) is 3.14. The van der Waals surface area contributed by atoms with Crippen molar-refractivity contribution in [1.82, 2.24) is 4.90 Å². The fourth-order valence-electron chi connectivity index (χ4n) is 3.06. The standard InChI is InChI=1S/C14H27NO2/c1-13(2,3)11-15(4)14(10-12(16)17)8-6-5-7-9-14/h5-11H2,1-4H3,(H,16,17). The van der Waals surface area contributed by atoms with E-state index in [1.807, 2.05) is 0 Å². The molecule has 1 aliphatic rings. The van der Waals surface area contributed by atoms with Crippen LogP contribution in [-0.2, 0) is 4.79 Å². The van der Waals surface area contributed by atoms with Gasteiger partial charge in [0.1, 0.15) is 0 Å². The number of carboxylic acid groups (broad SMARTS) is 1. The topological polar surface area (TPSA) is 40.5 Å². The van der Waals surface area contributed by atoms with E-state index < -0.39 is 5.97 Å². The number of carboxylic acids is 1. The SMILES string of the molecule is CN(CC(C)(C)C)C1(CC(=O)O)CCCCC1. The van der Waals surface area contributed by atoms with Crippen LogP contribution < -0.4 is 0 Å². The van der Waals surface area contributed by atoms with E-state index in [1.165, 1.54) is 19.3 Å². The molecule has 17 heavy (non-hydrogen) atoms. The number of aliphatic carboxylic acids is 1. The fourth-order valence-corrected chi connectivity index (χ4v) is 3.06. The zero-order chi connectivity index (χ0) is 13.1. The normalized spacial score (nSPS) is 20.5. The van der Waals surface area contributed by atoms with Crippen LogP contribution in [0.15, 0.2) is 0 Å². The summed E-state index contributed by atoms with van der Waals surface area (Å²) in [4.78, 5) is 13.4. The zero-order valence-corrected chi connectivity index (χ0v) is 11.8. The highest BCUT2D eigenvalue weighted by atomic mass is 16.4. The highest BCUT2D eigenvalue weighted by Gasteiger charge is 2.39. The third-order valence-corrected chi connectivity index (χ3v) is 3.79. The second kappa shape index (κ2) is 5.38. The molecule has 0 heterocycles. The summed E-state index contributed by atoms with van der Waals surface area (Å²) in [7, 11) is 2.10. The summed E-state index contributed by atoms with van der Waals surface area (Å²) in [6.07, 6.45) is 5.95. The van der Waals surface area contributed by atoms with Gasteiger partial charge in [-0.15, -0.1) is 0 Å². The highest BCUT2D eigenvalue weighted by molar-refractivity contribution is 5.68. The molecule has 0 aliphatic heterocycles. The van der Waals surface area contributed by atoms with Crippen molar-refractivity contribution in [3.63, 3.8) is 0 Å². The number of rotatable bonds is 4. The molecule has 1 saturated carbocycles. The first-order valence-electron chi connectivity index (χ1n) is 6.68. The summed E-state index contributed by atoms with van der Waals surface area (Å²) in [5.74, 6) is -0.660. The van der Waals surface area contributed by atoms with Gasteiger partial charge in [-0.2, -0.15) is 0 Å². The van der Waals surface area contributed by atoms with E-state index >= 15 is 0 Å². The van der Waals surface area contributed by atoms with Crippen molar-refractivity contribution < 1.29 is 9.90 Å². The minimum absolute atomic E-state index is 0.0998. The Labute approximate surface area is 105 Å². The minimum atomic E-state index is -0.660. The maximum absolute atomic E-state index is 11.1. The van der Waals surface area contributed by atoms with Crippen molar-refractivity contribution in [2.24, 2.45) is 5.41 Å². The molecule has 1 fully saturated rings. The quantitative estimate of drug-likeness (QED) is 0.822. The van der Waals surface area contributed by atoms with Crippen LogP contribution in [0, 0.1) is 5.41 Å². The molecule has 100 valence electrons. The summed E-state index contributed by atoms with van der Waals surface area (Å²) in [5.41, 5.74) is 0.120. The van der Waals surface area contributed by atoms with Gasteiger partial charge >= 0.3 is 5.97 Å². The van der Waals surface area contributed by atoms with Gasteiger partial charge in [-0.05, 0) is 25.3 Å². The van der Waals surface area contributed by atoms with Crippen LogP contribution in [-0.4, -0.2) is 35.1 Å². The first-order valence-corrected chi connectivity index (χ1v) is 6.68. The molecule has 0 radical (unpaired) electrons. The van der Waals surface area contributed by atoms with Crippen LogP contribution >= 0.6 is 0 Å². The van der Waals surface area contributed by atoms with Crippen molar-refractivity contribution in [3.8, 4) is 0 Å². The Balaban J connectivity index is 2.77. The third kappa shape index (κ3) is 4.30. The smallest absolute Gasteiger partial charge is 0.305 e. The average molecular weight is 241 g/mol. The second-order valence-electron chi connectivity index (χ2n) is 6.77. The highest BCUT2D eigenvalue weighted by Crippen LogP contribution is 2.37. The monoisotopic (exact) mass is 241 g/mol. The van der Waals surface area contributed by atoms with Crippen LogP contribution in [0.2, 0.25) is 0 Å². The first kappa shape index (κ1) is 14.5. The van der Waals surface area contributed by atoms with E-state index in [2.05, 4.69) is 32.7 Å². The molecule has 0 aromatic carbocycles. The first-order chi connectivity index (χ1) is 7.75. The molecule has 0 saturated heterocycles. The molecule has 0 aromatic heterocycles. The number of carbonyl (C=O) groups is 1. The predicted molar refractivity (Wildman–Crippen MR) is 70.2 cm³/mol. The third-order valence-electron chi connectivity index (χ3n) is 3.79. The molecule has 0 amide bonds. The van der Waals surface area contributed by atoms with Crippen molar-refractivity contribution in [3.05, 3.63) is 0 Å². The molecule has 0 unspecified atom stereocenters. The molecule has 0 bridgehead atoms. The lowest BCUT2D eigenvalue weighted by Gasteiger charge is -2.46. The molecular formula is C14H27NO2. The Hall–Kier alpha value is -0.570. The maximum Gasteiger partial charge on any atom is 0.305 e. The Bertz CT molecular complexity index is 262. The van der Waals surface area contributed by atoms with Crippen LogP contribution in [0.4, 0.5) is 0 Å². The van der Waals surface area contributed by atoms with E-state index in [0.29, 0.717) is 6.42 Å². The second-order valence-corrected chi connectivity index (χ2v) is 6.77. The Kier molecular flexibility index (Phi) is 4.59. The summed E-state index contributed by atoms with van der Waals surface area (Å²) >= 11 is 0. The van der Waals surface area contributed by atoms with Crippen molar-refractivity contribution in [2.75, 3.05) is 13.6 Å². The maximum atomic E-state index is 11.1. The van der Waals surface area contributed by atoms with Crippen molar-refractivity contribution >= 4 is 5.97 Å². The number of hydrogen-bond acceptors (Lipinski definition) is 2. The van der Waals surface area contributed by atoms with E-state index in [-0.39, 0.29) is 11.0 Å². The molecule has 3 nitrogen and oxygen atoms in total. The number of nitrogens with zero attached hydrogens (tertiary/aromatic N) is 1. The van der Waals surface area contributed by atoms with Crippen LogP contribution in [0.25, 0.3) is 0 Å². The van der Waals surface area contributed by atoms with Gasteiger partial charge in [-0.3, -0.25) is 9.69 Å². The summed E-state index contributed by atoms with van der Waals surface area (Å²) in [6.45, 7) is 7.59. The number of hydrogen-bond donors (Lipinski definition) is 1. The zero-order valence-electron chi connectivity index (χ0n) is 11.8. The molecule has 0 aromatic rings. The lowest BCUT2D eigenvalue weighted by molar-refractivity contribution is -0.141. The van der Waals surface area contributed by atoms with Crippen molar-refractivity contribution in [1.29, 1.82) is 0 Å². The van der Waals surface area contributed by atoms with Gasteiger partial charge in [0, 0.05) is 12.1 Å². The Morgan fingerprint density at radius 2 is 1.76 bits per heavy atom. The van der Waals surface area contributed by atoms with Crippen molar-refractivity contribution in [2.45, 2.75) is 64.8 Å². The van der Waals surface area contributed by atoms with E-state index in [4.69, 9.17) is 5.11 Å². The molecular weight excluding hydrogens is 214 g/mol.